The largest absolute Gasteiger partial charge is 0.342 e. The van der Waals surface area contributed by atoms with Crippen LogP contribution in [0, 0.1) is 5.92 Å². The van der Waals surface area contributed by atoms with Gasteiger partial charge in [0.2, 0.25) is 5.91 Å². The quantitative estimate of drug-likeness (QED) is 0.811. The average molecular weight is 249 g/mol. The lowest BCUT2D eigenvalue weighted by Gasteiger charge is -2.24. The number of carbonyl (C=O) groups is 1. The first-order valence-electron chi connectivity index (χ1n) is 6.23. The van der Waals surface area contributed by atoms with Crippen LogP contribution in [0.25, 0.3) is 0 Å². The predicted molar refractivity (Wildman–Crippen MR) is 69.7 cm³/mol. The van der Waals surface area contributed by atoms with E-state index in [1.54, 1.807) is 0 Å². The van der Waals surface area contributed by atoms with E-state index in [4.69, 9.17) is 5.73 Å². The topological polar surface area (TPSA) is 46.3 Å². The fraction of sp³-hybridized carbons (Fsp3) is 0.917. The van der Waals surface area contributed by atoms with Gasteiger partial charge in [0.1, 0.15) is 0 Å². The van der Waals surface area contributed by atoms with Crippen molar-refractivity contribution in [2.24, 2.45) is 11.7 Å². The van der Waals surface area contributed by atoms with E-state index < -0.39 is 0 Å². The highest BCUT2D eigenvalue weighted by Gasteiger charge is 2.30. The van der Waals surface area contributed by atoms with Crippen LogP contribution in [0.15, 0.2) is 0 Å². The first-order chi connectivity index (χ1) is 7.19. The van der Waals surface area contributed by atoms with Crippen LogP contribution < -0.4 is 5.73 Å². The number of halogens is 1. The standard InChI is InChI=1S/C12H24N2O.ClH/c1-3-7-14(8-4-2)12(15)10-5-6-11(13)9-10;/h10-11H,3-9,13H2,1-2H3;1H. The maximum absolute atomic E-state index is 12.1. The van der Waals surface area contributed by atoms with Gasteiger partial charge in [-0.1, -0.05) is 13.8 Å². The molecule has 1 aliphatic carbocycles. The first-order valence-corrected chi connectivity index (χ1v) is 6.23. The minimum Gasteiger partial charge on any atom is -0.342 e. The van der Waals surface area contributed by atoms with E-state index >= 15 is 0 Å². The summed E-state index contributed by atoms with van der Waals surface area (Å²) >= 11 is 0. The lowest BCUT2D eigenvalue weighted by atomic mass is 10.1. The van der Waals surface area contributed by atoms with Gasteiger partial charge in [-0.15, -0.1) is 12.4 Å². The average Bonchev–Trinajstić information content (AvgIpc) is 2.63. The van der Waals surface area contributed by atoms with Gasteiger partial charge in [0.15, 0.2) is 0 Å². The zero-order valence-corrected chi connectivity index (χ0v) is 11.3. The lowest BCUT2D eigenvalue weighted by molar-refractivity contribution is -0.135. The highest BCUT2D eigenvalue weighted by Crippen LogP contribution is 2.26. The highest BCUT2D eigenvalue weighted by molar-refractivity contribution is 5.85. The zero-order valence-electron chi connectivity index (χ0n) is 10.4. The molecule has 1 fully saturated rings. The van der Waals surface area contributed by atoms with Crippen molar-refractivity contribution in [2.75, 3.05) is 13.1 Å². The summed E-state index contributed by atoms with van der Waals surface area (Å²) in [5, 5.41) is 0. The van der Waals surface area contributed by atoms with E-state index in [9.17, 15) is 4.79 Å². The number of nitrogens with zero attached hydrogens (tertiary/aromatic N) is 1. The van der Waals surface area contributed by atoms with Crippen LogP contribution in [0.2, 0.25) is 0 Å². The van der Waals surface area contributed by atoms with Crippen molar-refractivity contribution in [1.82, 2.24) is 4.90 Å². The Balaban J connectivity index is 0.00000225. The monoisotopic (exact) mass is 248 g/mol. The second-order valence-corrected chi connectivity index (χ2v) is 4.60. The van der Waals surface area contributed by atoms with E-state index in [-0.39, 0.29) is 24.4 Å². The summed E-state index contributed by atoms with van der Waals surface area (Å²) < 4.78 is 0. The molecule has 0 aromatic heterocycles. The van der Waals surface area contributed by atoms with Gasteiger partial charge in [-0.2, -0.15) is 0 Å². The Morgan fingerprint density at radius 1 is 1.25 bits per heavy atom. The normalized spacial score (nSPS) is 23.9. The molecule has 16 heavy (non-hydrogen) atoms. The summed E-state index contributed by atoms with van der Waals surface area (Å²) in [6, 6.07) is 0.254. The zero-order chi connectivity index (χ0) is 11.3. The van der Waals surface area contributed by atoms with Crippen LogP contribution in [-0.4, -0.2) is 29.9 Å². The van der Waals surface area contributed by atoms with E-state index in [1.807, 2.05) is 4.90 Å². The summed E-state index contributed by atoms with van der Waals surface area (Å²) in [4.78, 5) is 14.2. The highest BCUT2D eigenvalue weighted by atomic mass is 35.5. The molecule has 0 aliphatic heterocycles. The van der Waals surface area contributed by atoms with Crippen molar-refractivity contribution in [3.63, 3.8) is 0 Å². The van der Waals surface area contributed by atoms with Crippen LogP contribution in [-0.2, 0) is 4.79 Å². The molecule has 2 unspecified atom stereocenters. The Morgan fingerprint density at radius 3 is 2.19 bits per heavy atom. The van der Waals surface area contributed by atoms with Gasteiger partial charge < -0.3 is 10.6 Å². The van der Waals surface area contributed by atoms with E-state index in [2.05, 4.69) is 13.8 Å². The van der Waals surface area contributed by atoms with Crippen molar-refractivity contribution in [3.8, 4) is 0 Å². The van der Waals surface area contributed by atoms with Crippen LogP contribution >= 0.6 is 12.4 Å². The molecular weight excluding hydrogens is 224 g/mol. The van der Waals surface area contributed by atoms with E-state index in [1.165, 1.54) is 0 Å². The molecule has 2 N–H and O–H groups in total. The molecule has 0 spiro atoms. The van der Waals surface area contributed by atoms with Crippen molar-refractivity contribution in [3.05, 3.63) is 0 Å². The van der Waals surface area contributed by atoms with Crippen LogP contribution in [0.3, 0.4) is 0 Å². The van der Waals surface area contributed by atoms with Gasteiger partial charge in [-0.05, 0) is 32.1 Å². The molecule has 1 rings (SSSR count). The smallest absolute Gasteiger partial charge is 0.225 e. The molecule has 0 aromatic carbocycles. The summed E-state index contributed by atoms with van der Waals surface area (Å²) in [6.07, 6.45) is 4.99. The number of amides is 1. The molecule has 0 aromatic rings. The molecule has 0 saturated heterocycles. The van der Waals surface area contributed by atoms with Crippen molar-refractivity contribution < 1.29 is 4.79 Å². The van der Waals surface area contributed by atoms with Gasteiger partial charge in [0.25, 0.3) is 0 Å². The molecule has 3 nitrogen and oxygen atoms in total. The third kappa shape index (κ3) is 4.30. The minimum absolute atomic E-state index is 0. The number of nitrogens with two attached hydrogens (primary N) is 1. The Labute approximate surface area is 105 Å². The molecule has 96 valence electrons. The molecule has 1 aliphatic rings. The SMILES string of the molecule is CCCN(CCC)C(=O)C1CCC(N)C1.Cl. The first kappa shape index (κ1) is 15.7. The number of hydrogen-bond acceptors (Lipinski definition) is 2. The fourth-order valence-corrected chi connectivity index (χ4v) is 2.37. The predicted octanol–water partition coefficient (Wildman–Crippen LogP) is 2.18. The van der Waals surface area contributed by atoms with Crippen LogP contribution in [0.5, 0.6) is 0 Å². The third-order valence-electron chi connectivity index (χ3n) is 3.12. The van der Waals surface area contributed by atoms with Gasteiger partial charge in [0, 0.05) is 25.0 Å². The summed E-state index contributed by atoms with van der Waals surface area (Å²) in [5.41, 5.74) is 5.84. The second kappa shape index (κ2) is 7.91. The molecule has 0 radical (unpaired) electrons. The minimum atomic E-state index is 0. The van der Waals surface area contributed by atoms with Gasteiger partial charge >= 0.3 is 0 Å². The van der Waals surface area contributed by atoms with E-state index in [0.717, 1.165) is 45.2 Å². The summed E-state index contributed by atoms with van der Waals surface area (Å²) in [5.74, 6) is 0.546. The van der Waals surface area contributed by atoms with Crippen LogP contribution in [0.4, 0.5) is 0 Å². The molecule has 0 heterocycles. The molecular formula is C12H25ClN2O. The Morgan fingerprint density at radius 2 is 1.81 bits per heavy atom. The van der Waals surface area contributed by atoms with E-state index in [0.29, 0.717) is 5.91 Å². The fourth-order valence-electron chi connectivity index (χ4n) is 2.37. The Hall–Kier alpha value is -0.280. The number of carbonyl (C=O) groups excluding carboxylic acids is 1. The van der Waals surface area contributed by atoms with Crippen LogP contribution in [0.1, 0.15) is 46.0 Å². The lowest BCUT2D eigenvalue weighted by Crippen LogP contribution is -2.37. The molecule has 2 atom stereocenters. The summed E-state index contributed by atoms with van der Waals surface area (Å²) in [6.45, 7) is 6.05. The maximum Gasteiger partial charge on any atom is 0.225 e. The number of rotatable bonds is 5. The third-order valence-corrected chi connectivity index (χ3v) is 3.12. The van der Waals surface area contributed by atoms with Gasteiger partial charge in [0.05, 0.1) is 0 Å². The summed E-state index contributed by atoms with van der Waals surface area (Å²) in [7, 11) is 0. The Kier molecular flexibility index (Phi) is 7.77. The van der Waals surface area contributed by atoms with Crippen molar-refractivity contribution in [2.45, 2.75) is 52.0 Å². The van der Waals surface area contributed by atoms with Crippen molar-refractivity contribution in [1.29, 1.82) is 0 Å². The number of hydrogen-bond donors (Lipinski definition) is 1. The van der Waals surface area contributed by atoms with Gasteiger partial charge in [-0.3, -0.25) is 4.79 Å². The molecule has 4 heteroatoms. The maximum atomic E-state index is 12.1. The molecule has 1 saturated carbocycles. The van der Waals surface area contributed by atoms with Crippen molar-refractivity contribution >= 4 is 18.3 Å². The second-order valence-electron chi connectivity index (χ2n) is 4.60. The Bertz CT molecular complexity index is 205. The van der Waals surface area contributed by atoms with Gasteiger partial charge in [-0.25, -0.2) is 0 Å². The molecule has 0 bridgehead atoms. The molecule has 1 amide bonds.